The van der Waals surface area contributed by atoms with Gasteiger partial charge >= 0.3 is 0 Å². The van der Waals surface area contributed by atoms with E-state index in [1.807, 2.05) is 30.1 Å². The molecule has 0 atom stereocenters. The molecule has 4 heteroatoms. The zero-order chi connectivity index (χ0) is 11.1. The standard InChI is InChI=1S/C11H15N3O/c1-3-5-12-8-11(15)13-7-10-4-6-14(2)9-10/h1,4,6,9,12H,5,7-8H2,2H3,(H,13,15). The molecule has 0 fully saturated rings. The summed E-state index contributed by atoms with van der Waals surface area (Å²) in [6, 6.07) is 1.97. The van der Waals surface area contributed by atoms with Crippen molar-refractivity contribution in [3.05, 3.63) is 24.0 Å². The van der Waals surface area contributed by atoms with Crippen LogP contribution in [0.4, 0.5) is 0 Å². The molecule has 0 aliphatic rings. The number of rotatable bonds is 5. The van der Waals surface area contributed by atoms with Gasteiger partial charge in [0.05, 0.1) is 13.1 Å². The minimum absolute atomic E-state index is 0.0471. The fraction of sp³-hybridized carbons (Fsp3) is 0.364. The van der Waals surface area contributed by atoms with Gasteiger partial charge < -0.3 is 9.88 Å². The molecule has 0 radical (unpaired) electrons. The molecular formula is C11H15N3O. The monoisotopic (exact) mass is 205 g/mol. The van der Waals surface area contributed by atoms with Crippen LogP contribution in [0.2, 0.25) is 0 Å². The first-order valence-electron chi connectivity index (χ1n) is 4.74. The second-order valence-electron chi connectivity index (χ2n) is 3.27. The van der Waals surface area contributed by atoms with Gasteiger partial charge in [0.1, 0.15) is 0 Å². The normalized spacial score (nSPS) is 9.60. The van der Waals surface area contributed by atoms with E-state index in [2.05, 4.69) is 16.6 Å². The second kappa shape index (κ2) is 5.89. The molecule has 0 bridgehead atoms. The van der Waals surface area contributed by atoms with E-state index in [0.29, 0.717) is 13.1 Å². The molecule has 0 aromatic carbocycles. The van der Waals surface area contributed by atoms with Crippen molar-refractivity contribution in [2.24, 2.45) is 7.05 Å². The Morgan fingerprint density at radius 1 is 1.67 bits per heavy atom. The second-order valence-corrected chi connectivity index (χ2v) is 3.27. The van der Waals surface area contributed by atoms with Crippen molar-refractivity contribution < 1.29 is 4.79 Å². The molecule has 1 rings (SSSR count). The van der Waals surface area contributed by atoms with Crippen LogP contribution in [-0.4, -0.2) is 23.6 Å². The average molecular weight is 205 g/mol. The number of aryl methyl sites for hydroxylation is 1. The van der Waals surface area contributed by atoms with Crippen LogP contribution in [0.5, 0.6) is 0 Å². The van der Waals surface area contributed by atoms with E-state index < -0.39 is 0 Å². The largest absolute Gasteiger partial charge is 0.357 e. The first kappa shape index (κ1) is 11.3. The summed E-state index contributed by atoms with van der Waals surface area (Å²) in [5.41, 5.74) is 1.09. The molecule has 0 saturated heterocycles. The van der Waals surface area contributed by atoms with Crippen molar-refractivity contribution in [1.82, 2.24) is 15.2 Å². The van der Waals surface area contributed by atoms with Gasteiger partial charge in [0, 0.05) is 26.0 Å². The lowest BCUT2D eigenvalue weighted by molar-refractivity contribution is -0.120. The summed E-state index contributed by atoms with van der Waals surface area (Å²) in [6.07, 6.45) is 8.95. The Balaban J connectivity index is 2.20. The molecule has 0 aliphatic heterocycles. The Labute approximate surface area is 89.7 Å². The first-order chi connectivity index (χ1) is 7.22. The summed E-state index contributed by atoms with van der Waals surface area (Å²) in [5, 5.41) is 5.61. The van der Waals surface area contributed by atoms with Crippen LogP contribution in [0.25, 0.3) is 0 Å². The molecule has 15 heavy (non-hydrogen) atoms. The molecule has 1 heterocycles. The van der Waals surface area contributed by atoms with E-state index in [4.69, 9.17) is 6.42 Å². The number of nitrogens with zero attached hydrogens (tertiary/aromatic N) is 1. The number of amides is 1. The van der Waals surface area contributed by atoms with Crippen LogP contribution in [0.1, 0.15) is 5.56 Å². The smallest absolute Gasteiger partial charge is 0.234 e. The maximum absolute atomic E-state index is 11.2. The number of carbonyl (C=O) groups is 1. The maximum atomic E-state index is 11.2. The predicted molar refractivity (Wildman–Crippen MR) is 59.0 cm³/mol. The lowest BCUT2D eigenvalue weighted by Gasteiger charge is -2.03. The minimum atomic E-state index is -0.0471. The van der Waals surface area contributed by atoms with E-state index in [1.165, 1.54) is 0 Å². The van der Waals surface area contributed by atoms with Crippen molar-refractivity contribution in [3.8, 4) is 12.3 Å². The van der Waals surface area contributed by atoms with Gasteiger partial charge in [0.15, 0.2) is 0 Å². The van der Waals surface area contributed by atoms with Crippen LogP contribution in [0.3, 0.4) is 0 Å². The van der Waals surface area contributed by atoms with E-state index in [9.17, 15) is 4.79 Å². The molecule has 4 nitrogen and oxygen atoms in total. The van der Waals surface area contributed by atoms with E-state index >= 15 is 0 Å². The van der Waals surface area contributed by atoms with E-state index in [1.54, 1.807) is 0 Å². The molecule has 1 amide bonds. The van der Waals surface area contributed by atoms with Gasteiger partial charge in [0.2, 0.25) is 5.91 Å². The summed E-state index contributed by atoms with van der Waals surface area (Å²) in [6.45, 7) is 1.23. The molecule has 1 aromatic rings. The number of carbonyl (C=O) groups excluding carboxylic acids is 1. The summed E-state index contributed by atoms with van der Waals surface area (Å²) < 4.78 is 1.94. The van der Waals surface area contributed by atoms with Crippen molar-refractivity contribution in [1.29, 1.82) is 0 Å². The topological polar surface area (TPSA) is 46.1 Å². The first-order valence-corrected chi connectivity index (χ1v) is 4.74. The van der Waals surface area contributed by atoms with Gasteiger partial charge in [-0.05, 0) is 11.6 Å². The molecule has 0 aliphatic carbocycles. The van der Waals surface area contributed by atoms with Gasteiger partial charge in [0.25, 0.3) is 0 Å². The molecule has 2 N–H and O–H groups in total. The minimum Gasteiger partial charge on any atom is -0.357 e. The predicted octanol–water partition coefficient (Wildman–Crippen LogP) is -0.136. The number of terminal acetylenes is 1. The number of hydrogen-bond donors (Lipinski definition) is 2. The Kier molecular flexibility index (Phi) is 4.45. The van der Waals surface area contributed by atoms with Crippen LogP contribution in [0, 0.1) is 12.3 Å². The Morgan fingerprint density at radius 2 is 2.47 bits per heavy atom. The van der Waals surface area contributed by atoms with E-state index in [-0.39, 0.29) is 12.5 Å². The molecule has 0 saturated carbocycles. The summed E-state index contributed by atoms with van der Waals surface area (Å²) in [5.74, 6) is 2.36. The molecular weight excluding hydrogens is 190 g/mol. The van der Waals surface area contributed by atoms with Gasteiger partial charge in [-0.1, -0.05) is 5.92 Å². The van der Waals surface area contributed by atoms with Crippen LogP contribution < -0.4 is 10.6 Å². The highest BCUT2D eigenvalue weighted by atomic mass is 16.1. The maximum Gasteiger partial charge on any atom is 0.234 e. The lowest BCUT2D eigenvalue weighted by Crippen LogP contribution is -2.33. The van der Waals surface area contributed by atoms with E-state index in [0.717, 1.165) is 5.56 Å². The van der Waals surface area contributed by atoms with Crippen LogP contribution in [-0.2, 0) is 18.4 Å². The lowest BCUT2D eigenvalue weighted by atomic mass is 10.3. The Hall–Kier alpha value is -1.73. The number of nitrogens with one attached hydrogen (secondary N) is 2. The zero-order valence-electron chi connectivity index (χ0n) is 8.79. The fourth-order valence-electron chi connectivity index (χ4n) is 1.18. The van der Waals surface area contributed by atoms with Crippen molar-refractivity contribution in [3.63, 3.8) is 0 Å². The third-order valence-corrected chi connectivity index (χ3v) is 1.90. The van der Waals surface area contributed by atoms with Crippen LogP contribution >= 0.6 is 0 Å². The zero-order valence-corrected chi connectivity index (χ0v) is 8.79. The quantitative estimate of drug-likeness (QED) is 0.519. The molecule has 80 valence electrons. The fourth-order valence-corrected chi connectivity index (χ4v) is 1.18. The Morgan fingerprint density at radius 3 is 3.07 bits per heavy atom. The summed E-state index contributed by atoms with van der Waals surface area (Å²) >= 11 is 0. The van der Waals surface area contributed by atoms with Gasteiger partial charge in [-0.2, -0.15) is 0 Å². The third-order valence-electron chi connectivity index (χ3n) is 1.90. The van der Waals surface area contributed by atoms with Gasteiger partial charge in [-0.15, -0.1) is 6.42 Å². The molecule has 1 aromatic heterocycles. The third kappa shape index (κ3) is 4.34. The summed E-state index contributed by atoms with van der Waals surface area (Å²) in [7, 11) is 1.94. The van der Waals surface area contributed by atoms with Crippen LogP contribution in [0.15, 0.2) is 18.5 Å². The van der Waals surface area contributed by atoms with Gasteiger partial charge in [-0.25, -0.2) is 0 Å². The Bertz CT molecular complexity index is 362. The highest BCUT2D eigenvalue weighted by Crippen LogP contribution is 1.97. The number of aromatic nitrogens is 1. The molecule has 0 unspecified atom stereocenters. The molecule has 0 spiro atoms. The van der Waals surface area contributed by atoms with Crippen molar-refractivity contribution in [2.75, 3.05) is 13.1 Å². The highest BCUT2D eigenvalue weighted by molar-refractivity contribution is 5.77. The summed E-state index contributed by atoms with van der Waals surface area (Å²) in [4.78, 5) is 11.2. The van der Waals surface area contributed by atoms with Gasteiger partial charge in [-0.3, -0.25) is 10.1 Å². The highest BCUT2D eigenvalue weighted by Gasteiger charge is 2.00. The number of hydrogen-bond acceptors (Lipinski definition) is 2. The van der Waals surface area contributed by atoms with Crippen molar-refractivity contribution >= 4 is 5.91 Å². The van der Waals surface area contributed by atoms with Crippen molar-refractivity contribution in [2.45, 2.75) is 6.54 Å². The SMILES string of the molecule is C#CCNCC(=O)NCc1ccn(C)c1. The average Bonchev–Trinajstić information content (AvgIpc) is 2.62.